The van der Waals surface area contributed by atoms with Crippen molar-refractivity contribution in [3.8, 4) is 11.5 Å². The van der Waals surface area contributed by atoms with Crippen LogP contribution in [-0.4, -0.2) is 20.9 Å². The van der Waals surface area contributed by atoms with Gasteiger partial charge in [0, 0.05) is 12.3 Å². The van der Waals surface area contributed by atoms with Gasteiger partial charge in [-0.1, -0.05) is 6.07 Å². The second-order valence-electron chi connectivity index (χ2n) is 6.85. The van der Waals surface area contributed by atoms with E-state index in [9.17, 15) is 5.11 Å². The molecule has 1 aromatic heterocycles. The van der Waals surface area contributed by atoms with Crippen molar-refractivity contribution in [1.82, 2.24) is 10.2 Å². The fraction of sp³-hybridized carbons (Fsp3) is 0.529. The van der Waals surface area contributed by atoms with Crippen LogP contribution in [-0.2, 0) is 6.61 Å². The molecule has 4 rings (SSSR count). The molecule has 2 aliphatic rings. The minimum atomic E-state index is -0.616. The lowest BCUT2D eigenvalue weighted by atomic mass is 9.91. The Balaban J connectivity index is 1.53. The molecule has 0 saturated heterocycles. The number of aliphatic hydroxyl groups excluding tert-OH is 1. The zero-order chi connectivity index (χ0) is 16.0. The summed E-state index contributed by atoms with van der Waals surface area (Å²) in [5, 5.41) is 18.5. The molecule has 1 aliphatic carbocycles. The number of aromatic nitrogens is 2. The van der Waals surface area contributed by atoms with Crippen LogP contribution in [0.25, 0.3) is 0 Å². The molecule has 1 aromatic carbocycles. The van der Waals surface area contributed by atoms with E-state index < -0.39 is 11.7 Å². The van der Waals surface area contributed by atoms with E-state index in [4.69, 9.17) is 13.9 Å². The molecule has 1 N–H and O–H groups in total. The van der Waals surface area contributed by atoms with E-state index in [2.05, 4.69) is 10.2 Å². The van der Waals surface area contributed by atoms with E-state index in [-0.39, 0.29) is 6.61 Å². The fourth-order valence-electron chi connectivity index (χ4n) is 2.93. The van der Waals surface area contributed by atoms with Gasteiger partial charge in [-0.2, -0.15) is 0 Å². The lowest BCUT2D eigenvalue weighted by molar-refractivity contribution is 0.00934. The fourth-order valence-corrected chi connectivity index (χ4v) is 2.93. The van der Waals surface area contributed by atoms with Gasteiger partial charge in [-0.15, -0.1) is 10.2 Å². The molecular weight excluding hydrogens is 296 g/mol. The standard InChI is InChI=1S/C17H20N2O4/c1-17(2)8-11(20)15-12(4-3-5-13(15)23-17)21-9-14-18-19-16(22-14)10-6-7-10/h3-5,10-11,20H,6-9H2,1-2H3/t11-/m0/s1. The summed E-state index contributed by atoms with van der Waals surface area (Å²) in [5.41, 5.74) is 0.296. The van der Waals surface area contributed by atoms with Crippen LogP contribution in [0.15, 0.2) is 22.6 Å². The Hall–Kier alpha value is -2.08. The molecule has 1 atom stereocenters. The average Bonchev–Trinajstić information content (AvgIpc) is 3.22. The van der Waals surface area contributed by atoms with Gasteiger partial charge >= 0.3 is 0 Å². The Bertz CT molecular complexity index is 721. The monoisotopic (exact) mass is 316 g/mol. The van der Waals surface area contributed by atoms with Crippen LogP contribution in [0.1, 0.15) is 62.5 Å². The first-order valence-electron chi connectivity index (χ1n) is 7.97. The zero-order valence-electron chi connectivity index (χ0n) is 13.3. The van der Waals surface area contributed by atoms with Crippen molar-refractivity contribution in [3.05, 3.63) is 35.5 Å². The van der Waals surface area contributed by atoms with Gasteiger partial charge in [0.05, 0.1) is 11.7 Å². The molecule has 0 unspecified atom stereocenters. The predicted octanol–water partition coefficient (Wildman–Crippen LogP) is 3.12. The molecular formula is C17H20N2O4. The third-order valence-corrected chi connectivity index (χ3v) is 4.19. The Labute approximate surface area is 134 Å². The highest BCUT2D eigenvalue weighted by Crippen LogP contribution is 2.44. The van der Waals surface area contributed by atoms with Gasteiger partial charge in [-0.05, 0) is 38.8 Å². The van der Waals surface area contributed by atoms with Crippen LogP contribution in [0.4, 0.5) is 0 Å². The van der Waals surface area contributed by atoms with Crippen molar-refractivity contribution in [2.45, 2.75) is 57.3 Å². The highest BCUT2D eigenvalue weighted by atomic mass is 16.5. The first-order valence-corrected chi connectivity index (χ1v) is 7.97. The van der Waals surface area contributed by atoms with Crippen molar-refractivity contribution in [2.24, 2.45) is 0 Å². The van der Waals surface area contributed by atoms with Gasteiger partial charge in [0.1, 0.15) is 17.1 Å². The minimum absolute atomic E-state index is 0.187. The largest absolute Gasteiger partial charge is 0.487 e. The van der Waals surface area contributed by atoms with Crippen molar-refractivity contribution >= 4 is 0 Å². The first-order chi connectivity index (χ1) is 11.0. The topological polar surface area (TPSA) is 77.6 Å². The van der Waals surface area contributed by atoms with Crippen LogP contribution in [0.2, 0.25) is 0 Å². The van der Waals surface area contributed by atoms with E-state index in [1.54, 1.807) is 0 Å². The van der Waals surface area contributed by atoms with Crippen LogP contribution < -0.4 is 9.47 Å². The Kier molecular flexibility index (Phi) is 3.30. The normalized spacial score (nSPS) is 22.3. The van der Waals surface area contributed by atoms with Crippen LogP contribution in [0.3, 0.4) is 0 Å². The van der Waals surface area contributed by atoms with Crippen molar-refractivity contribution in [3.63, 3.8) is 0 Å². The molecule has 0 amide bonds. The lowest BCUT2D eigenvalue weighted by Gasteiger charge is -2.36. The maximum Gasteiger partial charge on any atom is 0.253 e. The SMILES string of the molecule is CC1(C)C[C@H](O)c2c(OCc3nnc(C4CC4)o3)cccc2O1. The maximum absolute atomic E-state index is 10.4. The van der Waals surface area contributed by atoms with Gasteiger partial charge in [-0.25, -0.2) is 0 Å². The summed E-state index contributed by atoms with van der Waals surface area (Å²) in [6.45, 7) is 4.11. The highest BCUT2D eigenvalue weighted by molar-refractivity contribution is 5.48. The van der Waals surface area contributed by atoms with Crippen LogP contribution in [0.5, 0.6) is 11.5 Å². The van der Waals surface area contributed by atoms with Gasteiger partial charge in [0.2, 0.25) is 5.89 Å². The third kappa shape index (κ3) is 2.91. The smallest absolute Gasteiger partial charge is 0.253 e. The van der Waals surface area contributed by atoms with Crippen LogP contribution >= 0.6 is 0 Å². The molecule has 6 heteroatoms. The first kappa shape index (κ1) is 14.5. The summed E-state index contributed by atoms with van der Waals surface area (Å²) < 4.78 is 17.3. The van der Waals surface area contributed by atoms with E-state index in [0.29, 0.717) is 41.2 Å². The quantitative estimate of drug-likeness (QED) is 0.934. The van der Waals surface area contributed by atoms with E-state index in [0.717, 1.165) is 12.8 Å². The molecule has 1 saturated carbocycles. The number of nitrogens with zero attached hydrogens (tertiary/aromatic N) is 2. The molecule has 1 fully saturated rings. The summed E-state index contributed by atoms with van der Waals surface area (Å²) in [6, 6.07) is 5.53. The number of ether oxygens (including phenoxy) is 2. The minimum Gasteiger partial charge on any atom is -0.487 e. The predicted molar refractivity (Wildman–Crippen MR) is 81.3 cm³/mol. The molecule has 0 radical (unpaired) electrons. The molecule has 0 spiro atoms. The summed E-state index contributed by atoms with van der Waals surface area (Å²) in [7, 11) is 0. The molecule has 23 heavy (non-hydrogen) atoms. The Morgan fingerprint density at radius 2 is 2.13 bits per heavy atom. The van der Waals surface area contributed by atoms with E-state index in [1.807, 2.05) is 32.0 Å². The zero-order valence-corrected chi connectivity index (χ0v) is 13.3. The van der Waals surface area contributed by atoms with Crippen molar-refractivity contribution in [1.29, 1.82) is 0 Å². The van der Waals surface area contributed by atoms with E-state index >= 15 is 0 Å². The van der Waals surface area contributed by atoms with Gasteiger partial charge < -0.3 is 19.0 Å². The number of fused-ring (bicyclic) bond motifs is 1. The van der Waals surface area contributed by atoms with Gasteiger partial charge in [0.25, 0.3) is 5.89 Å². The second-order valence-corrected chi connectivity index (χ2v) is 6.85. The number of hydrogen-bond acceptors (Lipinski definition) is 6. The Morgan fingerprint density at radius 1 is 1.30 bits per heavy atom. The molecule has 2 aromatic rings. The van der Waals surface area contributed by atoms with Crippen molar-refractivity contribution < 1.29 is 19.0 Å². The Morgan fingerprint density at radius 3 is 2.91 bits per heavy atom. The van der Waals surface area contributed by atoms with E-state index in [1.165, 1.54) is 0 Å². The average molecular weight is 316 g/mol. The van der Waals surface area contributed by atoms with Crippen molar-refractivity contribution in [2.75, 3.05) is 0 Å². The summed E-state index contributed by atoms with van der Waals surface area (Å²) in [5.74, 6) is 2.84. The number of aliphatic hydroxyl groups is 1. The van der Waals surface area contributed by atoms with Gasteiger partial charge in [-0.3, -0.25) is 0 Å². The molecule has 122 valence electrons. The maximum atomic E-state index is 10.4. The number of rotatable bonds is 4. The van der Waals surface area contributed by atoms with Gasteiger partial charge in [0.15, 0.2) is 6.61 Å². The van der Waals surface area contributed by atoms with Crippen LogP contribution in [0, 0.1) is 0 Å². The summed E-state index contributed by atoms with van der Waals surface area (Å²) >= 11 is 0. The third-order valence-electron chi connectivity index (χ3n) is 4.19. The molecule has 1 aliphatic heterocycles. The molecule has 2 heterocycles. The molecule has 6 nitrogen and oxygen atoms in total. The summed E-state index contributed by atoms with van der Waals surface area (Å²) in [6.07, 6.45) is 2.14. The number of benzene rings is 1. The lowest BCUT2D eigenvalue weighted by Crippen LogP contribution is -2.35. The molecule has 0 bridgehead atoms. The highest BCUT2D eigenvalue weighted by Gasteiger charge is 2.35. The second kappa shape index (κ2) is 5.23. The summed E-state index contributed by atoms with van der Waals surface area (Å²) in [4.78, 5) is 0. The number of hydrogen-bond donors (Lipinski definition) is 1.